The minimum atomic E-state index is -0.248. The van der Waals surface area contributed by atoms with Crippen LogP contribution in [0.3, 0.4) is 0 Å². The summed E-state index contributed by atoms with van der Waals surface area (Å²) in [6.07, 6.45) is 4.47. The molecule has 5 nitrogen and oxygen atoms in total. The third-order valence-corrected chi connectivity index (χ3v) is 3.66. The van der Waals surface area contributed by atoms with E-state index in [0.717, 1.165) is 36.1 Å². The molecule has 20 heavy (non-hydrogen) atoms. The number of rotatable bonds is 2. The SMILES string of the molecule is Cc1ccnc(NC(=O)c2noc3c2C[C@@H](C)CC3)c1. The molecule has 0 radical (unpaired) electrons. The zero-order chi connectivity index (χ0) is 14.1. The van der Waals surface area contributed by atoms with Gasteiger partial charge >= 0.3 is 0 Å². The van der Waals surface area contributed by atoms with Crippen molar-refractivity contribution in [2.75, 3.05) is 5.32 Å². The molecule has 0 saturated carbocycles. The third-order valence-electron chi connectivity index (χ3n) is 3.66. The molecule has 0 saturated heterocycles. The van der Waals surface area contributed by atoms with Crippen molar-refractivity contribution >= 4 is 11.7 Å². The first-order chi connectivity index (χ1) is 9.63. The lowest BCUT2D eigenvalue weighted by atomic mass is 9.88. The molecular formula is C15H17N3O2. The van der Waals surface area contributed by atoms with Crippen LogP contribution in [0.25, 0.3) is 0 Å². The fraction of sp³-hybridized carbons (Fsp3) is 0.400. The predicted octanol–water partition coefficient (Wildman–Crippen LogP) is 2.76. The number of aromatic nitrogens is 2. The molecule has 0 aromatic carbocycles. The van der Waals surface area contributed by atoms with Gasteiger partial charge in [-0.25, -0.2) is 4.98 Å². The fourth-order valence-corrected chi connectivity index (χ4v) is 2.54. The molecule has 1 atom stereocenters. The maximum Gasteiger partial charge on any atom is 0.279 e. The summed E-state index contributed by atoms with van der Waals surface area (Å²) in [4.78, 5) is 16.4. The van der Waals surface area contributed by atoms with Gasteiger partial charge in [0, 0.05) is 18.2 Å². The first-order valence-electron chi connectivity index (χ1n) is 6.85. The van der Waals surface area contributed by atoms with Crippen LogP contribution in [0.5, 0.6) is 0 Å². The van der Waals surface area contributed by atoms with Crippen LogP contribution in [-0.4, -0.2) is 16.0 Å². The maximum absolute atomic E-state index is 12.3. The Morgan fingerprint density at radius 2 is 2.35 bits per heavy atom. The van der Waals surface area contributed by atoms with Crippen LogP contribution in [0.4, 0.5) is 5.82 Å². The largest absolute Gasteiger partial charge is 0.360 e. The molecule has 0 spiro atoms. The highest BCUT2D eigenvalue weighted by Crippen LogP contribution is 2.28. The van der Waals surface area contributed by atoms with Crippen LogP contribution in [0.1, 0.15) is 40.7 Å². The number of carbonyl (C=O) groups excluding carboxylic acids is 1. The van der Waals surface area contributed by atoms with E-state index in [0.29, 0.717) is 17.4 Å². The van der Waals surface area contributed by atoms with Gasteiger partial charge in [0.2, 0.25) is 0 Å². The van der Waals surface area contributed by atoms with E-state index in [1.807, 2.05) is 19.1 Å². The summed E-state index contributed by atoms with van der Waals surface area (Å²) < 4.78 is 5.29. The molecule has 3 rings (SSSR count). The number of nitrogens with one attached hydrogen (secondary N) is 1. The summed E-state index contributed by atoms with van der Waals surface area (Å²) in [6, 6.07) is 3.71. The lowest BCUT2D eigenvalue weighted by Gasteiger charge is -2.16. The second-order valence-corrected chi connectivity index (χ2v) is 5.45. The topological polar surface area (TPSA) is 68.0 Å². The Bertz CT molecular complexity index is 648. The van der Waals surface area contributed by atoms with Gasteiger partial charge in [-0.05, 0) is 43.4 Å². The Balaban J connectivity index is 1.83. The number of nitrogens with zero attached hydrogens (tertiary/aromatic N) is 2. The Morgan fingerprint density at radius 1 is 1.50 bits per heavy atom. The van der Waals surface area contributed by atoms with Crippen LogP contribution in [-0.2, 0) is 12.8 Å². The standard InChI is InChI=1S/C15H17N3O2/c1-9-3-4-12-11(7-9)14(18-20-12)15(19)17-13-8-10(2)5-6-16-13/h5-6,8-9H,3-4,7H2,1-2H3,(H,16,17,19)/t9-/m0/s1. The lowest BCUT2D eigenvalue weighted by molar-refractivity contribution is 0.101. The highest BCUT2D eigenvalue weighted by atomic mass is 16.5. The van der Waals surface area contributed by atoms with Gasteiger partial charge in [-0.3, -0.25) is 4.79 Å². The average molecular weight is 271 g/mol. The first-order valence-corrected chi connectivity index (χ1v) is 6.85. The van der Waals surface area contributed by atoms with Crippen molar-refractivity contribution < 1.29 is 9.32 Å². The molecule has 1 N–H and O–H groups in total. The molecule has 104 valence electrons. The van der Waals surface area contributed by atoms with E-state index in [9.17, 15) is 4.79 Å². The van der Waals surface area contributed by atoms with Crippen molar-refractivity contribution in [1.29, 1.82) is 0 Å². The van der Waals surface area contributed by atoms with Gasteiger partial charge in [-0.2, -0.15) is 0 Å². The Morgan fingerprint density at radius 3 is 3.15 bits per heavy atom. The van der Waals surface area contributed by atoms with E-state index in [2.05, 4.69) is 22.4 Å². The van der Waals surface area contributed by atoms with Crippen LogP contribution < -0.4 is 5.32 Å². The van der Waals surface area contributed by atoms with Crippen LogP contribution in [0.2, 0.25) is 0 Å². The summed E-state index contributed by atoms with van der Waals surface area (Å²) in [5, 5.41) is 6.71. The van der Waals surface area contributed by atoms with Crippen molar-refractivity contribution in [2.24, 2.45) is 5.92 Å². The smallest absolute Gasteiger partial charge is 0.279 e. The van der Waals surface area contributed by atoms with Gasteiger partial charge in [0.15, 0.2) is 5.69 Å². The number of fused-ring (bicyclic) bond motifs is 1. The summed E-state index contributed by atoms with van der Waals surface area (Å²) in [5.41, 5.74) is 2.40. The van der Waals surface area contributed by atoms with Crippen molar-refractivity contribution in [3.63, 3.8) is 0 Å². The Labute approximate surface area is 117 Å². The highest BCUT2D eigenvalue weighted by molar-refractivity contribution is 6.03. The fourth-order valence-electron chi connectivity index (χ4n) is 2.54. The minimum absolute atomic E-state index is 0.248. The molecule has 1 aliphatic carbocycles. The van der Waals surface area contributed by atoms with E-state index in [4.69, 9.17) is 4.52 Å². The molecule has 2 heterocycles. The molecule has 5 heteroatoms. The van der Waals surface area contributed by atoms with E-state index in [-0.39, 0.29) is 5.91 Å². The predicted molar refractivity (Wildman–Crippen MR) is 74.6 cm³/mol. The summed E-state index contributed by atoms with van der Waals surface area (Å²) in [7, 11) is 0. The monoisotopic (exact) mass is 271 g/mol. The van der Waals surface area contributed by atoms with Gasteiger partial charge in [0.1, 0.15) is 11.6 Å². The van der Waals surface area contributed by atoms with E-state index in [1.165, 1.54) is 0 Å². The molecule has 1 amide bonds. The average Bonchev–Trinajstić information content (AvgIpc) is 2.81. The highest BCUT2D eigenvalue weighted by Gasteiger charge is 2.27. The summed E-state index contributed by atoms with van der Waals surface area (Å²) in [6.45, 7) is 4.14. The zero-order valence-corrected chi connectivity index (χ0v) is 11.6. The van der Waals surface area contributed by atoms with Crippen LogP contribution >= 0.6 is 0 Å². The number of aryl methyl sites for hydroxylation is 2. The Kier molecular flexibility index (Phi) is 3.26. The molecule has 0 bridgehead atoms. The number of hydrogen-bond donors (Lipinski definition) is 1. The van der Waals surface area contributed by atoms with E-state index < -0.39 is 0 Å². The second-order valence-electron chi connectivity index (χ2n) is 5.45. The zero-order valence-electron chi connectivity index (χ0n) is 11.6. The molecule has 2 aromatic heterocycles. The molecule has 2 aromatic rings. The summed E-state index contributed by atoms with van der Waals surface area (Å²) in [5.74, 6) is 1.70. The number of amides is 1. The van der Waals surface area contributed by atoms with Gasteiger partial charge < -0.3 is 9.84 Å². The van der Waals surface area contributed by atoms with Gasteiger partial charge in [0.05, 0.1) is 0 Å². The van der Waals surface area contributed by atoms with E-state index in [1.54, 1.807) is 6.20 Å². The quantitative estimate of drug-likeness (QED) is 0.912. The van der Waals surface area contributed by atoms with Crippen LogP contribution in [0, 0.1) is 12.8 Å². The van der Waals surface area contributed by atoms with Gasteiger partial charge in [-0.1, -0.05) is 12.1 Å². The normalized spacial score (nSPS) is 17.6. The molecular weight excluding hydrogens is 254 g/mol. The molecule has 0 aliphatic heterocycles. The van der Waals surface area contributed by atoms with E-state index >= 15 is 0 Å². The maximum atomic E-state index is 12.3. The molecule has 0 fully saturated rings. The van der Waals surface area contributed by atoms with Gasteiger partial charge in [0.25, 0.3) is 5.91 Å². The molecule has 1 aliphatic rings. The first kappa shape index (κ1) is 12.8. The number of pyridine rings is 1. The number of hydrogen-bond acceptors (Lipinski definition) is 4. The van der Waals surface area contributed by atoms with Gasteiger partial charge in [-0.15, -0.1) is 0 Å². The number of carbonyl (C=O) groups is 1. The second kappa shape index (κ2) is 5.07. The number of anilines is 1. The van der Waals surface area contributed by atoms with Crippen LogP contribution in [0.15, 0.2) is 22.9 Å². The lowest BCUT2D eigenvalue weighted by Crippen LogP contribution is -2.18. The minimum Gasteiger partial charge on any atom is -0.360 e. The Hall–Kier alpha value is -2.17. The summed E-state index contributed by atoms with van der Waals surface area (Å²) >= 11 is 0. The van der Waals surface area contributed by atoms with Crippen molar-refractivity contribution in [1.82, 2.24) is 10.1 Å². The van der Waals surface area contributed by atoms with Crippen molar-refractivity contribution in [3.8, 4) is 0 Å². The molecule has 0 unspecified atom stereocenters. The van der Waals surface area contributed by atoms with Crippen molar-refractivity contribution in [3.05, 3.63) is 40.9 Å². The third kappa shape index (κ3) is 2.43. The van der Waals surface area contributed by atoms with Crippen molar-refractivity contribution in [2.45, 2.75) is 33.1 Å².